The molecule has 0 atom stereocenters. The van der Waals surface area contributed by atoms with Crippen molar-refractivity contribution in [1.29, 1.82) is 0 Å². The normalized spacial score (nSPS) is 11.3. The standard InChI is InChI=1S/C12H18N4O3/c1-4-6-16-11(17)9-10(14(3)12(16)18)13-7-15(9)8-19-5-2/h7H,4-6,8H2,1-3H3. The highest BCUT2D eigenvalue weighted by molar-refractivity contribution is 5.69. The first-order valence-electron chi connectivity index (χ1n) is 6.34. The smallest absolute Gasteiger partial charge is 0.332 e. The van der Waals surface area contributed by atoms with Crippen LogP contribution in [0.3, 0.4) is 0 Å². The molecule has 0 N–H and O–H groups in total. The molecule has 0 aromatic carbocycles. The molecule has 2 rings (SSSR count). The van der Waals surface area contributed by atoms with Gasteiger partial charge in [0.05, 0.1) is 6.33 Å². The molecule has 2 aromatic heterocycles. The molecule has 0 aliphatic heterocycles. The van der Waals surface area contributed by atoms with Gasteiger partial charge in [0.15, 0.2) is 11.2 Å². The Bertz CT molecular complexity index is 695. The number of nitrogens with zero attached hydrogens (tertiary/aromatic N) is 4. The van der Waals surface area contributed by atoms with Crippen LogP contribution >= 0.6 is 0 Å². The highest BCUT2D eigenvalue weighted by Crippen LogP contribution is 2.05. The molecule has 0 aliphatic carbocycles. The predicted octanol–water partition coefficient (Wildman–Crippen LogP) is 0.301. The number of hydrogen-bond acceptors (Lipinski definition) is 4. The fourth-order valence-electron chi connectivity index (χ4n) is 2.03. The Morgan fingerprint density at radius 1 is 1.32 bits per heavy atom. The molecule has 19 heavy (non-hydrogen) atoms. The molecule has 0 radical (unpaired) electrons. The fourth-order valence-corrected chi connectivity index (χ4v) is 2.03. The van der Waals surface area contributed by atoms with Crippen molar-refractivity contribution in [3.63, 3.8) is 0 Å². The van der Waals surface area contributed by atoms with Crippen molar-refractivity contribution in [3.05, 3.63) is 27.2 Å². The van der Waals surface area contributed by atoms with E-state index < -0.39 is 0 Å². The van der Waals surface area contributed by atoms with Gasteiger partial charge in [-0.05, 0) is 13.3 Å². The summed E-state index contributed by atoms with van der Waals surface area (Å²) in [5.41, 5.74) is 0.157. The Balaban J connectivity index is 2.72. The van der Waals surface area contributed by atoms with E-state index >= 15 is 0 Å². The van der Waals surface area contributed by atoms with Crippen molar-refractivity contribution in [2.24, 2.45) is 7.05 Å². The summed E-state index contributed by atoms with van der Waals surface area (Å²) in [6.07, 6.45) is 2.25. The Kier molecular flexibility index (Phi) is 3.84. The summed E-state index contributed by atoms with van der Waals surface area (Å²) in [6.45, 7) is 5.01. The molecule has 0 bridgehead atoms. The van der Waals surface area contributed by atoms with E-state index in [1.54, 1.807) is 11.6 Å². The largest absolute Gasteiger partial charge is 0.361 e. The summed E-state index contributed by atoms with van der Waals surface area (Å²) in [5, 5.41) is 0. The van der Waals surface area contributed by atoms with Crippen LogP contribution in [0.2, 0.25) is 0 Å². The lowest BCUT2D eigenvalue weighted by atomic mass is 10.4. The molecule has 0 aliphatic rings. The Morgan fingerprint density at radius 3 is 2.68 bits per heavy atom. The number of imidazole rings is 1. The molecule has 0 fully saturated rings. The van der Waals surface area contributed by atoms with Crippen LogP contribution in [0.4, 0.5) is 0 Å². The van der Waals surface area contributed by atoms with Gasteiger partial charge < -0.3 is 9.30 Å². The lowest BCUT2D eigenvalue weighted by molar-refractivity contribution is 0.0903. The lowest BCUT2D eigenvalue weighted by Gasteiger charge is -2.08. The van der Waals surface area contributed by atoms with Gasteiger partial charge in [-0.2, -0.15) is 0 Å². The van der Waals surface area contributed by atoms with Gasteiger partial charge in [0.1, 0.15) is 6.73 Å². The average Bonchev–Trinajstić information content (AvgIpc) is 2.83. The highest BCUT2D eigenvalue weighted by atomic mass is 16.5. The summed E-state index contributed by atoms with van der Waals surface area (Å²) in [7, 11) is 1.62. The molecule has 7 nitrogen and oxygen atoms in total. The van der Waals surface area contributed by atoms with Gasteiger partial charge in [-0.25, -0.2) is 9.78 Å². The van der Waals surface area contributed by atoms with Crippen LogP contribution in [0.15, 0.2) is 15.9 Å². The minimum atomic E-state index is -0.332. The molecule has 0 saturated heterocycles. The van der Waals surface area contributed by atoms with Crippen LogP contribution in [0.5, 0.6) is 0 Å². The van der Waals surface area contributed by atoms with Crippen LogP contribution in [0, 0.1) is 0 Å². The summed E-state index contributed by atoms with van der Waals surface area (Å²) < 4.78 is 9.57. The quantitative estimate of drug-likeness (QED) is 0.780. The molecular weight excluding hydrogens is 248 g/mol. The molecule has 104 valence electrons. The topological polar surface area (TPSA) is 71.0 Å². The van der Waals surface area contributed by atoms with Crippen LogP contribution in [-0.2, 0) is 25.1 Å². The zero-order valence-electron chi connectivity index (χ0n) is 11.4. The first-order valence-corrected chi connectivity index (χ1v) is 6.34. The molecule has 0 unspecified atom stereocenters. The fraction of sp³-hybridized carbons (Fsp3) is 0.583. The van der Waals surface area contributed by atoms with Gasteiger partial charge in [-0.3, -0.25) is 13.9 Å². The molecule has 2 aromatic rings. The van der Waals surface area contributed by atoms with Crippen molar-refractivity contribution in [1.82, 2.24) is 18.7 Å². The second kappa shape index (κ2) is 5.40. The second-order valence-electron chi connectivity index (χ2n) is 4.31. The Hall–Kier alpha value is -1.89. The van der Waals surface area contributed by atoms with Crippen LogP contribution in [0.25, 0.3) is 11.2 Å². The Labute approximate surface area is 110 Å². The van der Waals surface area contributed by atoms with Gasteiger partial charge in [-0.15, -0.1) is 0 Å². The Morgan fingerprint density at radius 2 is 2.05 bits per heavy atom. The number of rotatable bonds is 5. The van der Waals surface area contributed by atoms with E-state index in [9.17, 15) is 9.59 Å². The van der Waals surface area contributed by atoms with E-state index in [1.165, 1.54) is 15.5 Å². The van der Waals surface area contributed by atoms with Gasteiger partial charge >= 0.3 is 5.69 Å². The van der Waals surface area contributed by atoms with E-state index in [0.29, 0.717) is 24.3 Å². The summed E-state index contributed by atoms with van der Waals surface area (Å²) in [4.78, 5) is 28.6. The zero-order valence-corrected chi connectivity index (χ0v) is 11.4. The maximum Gasteiger partial charge on any atom is 0.332 e. The van der Waals surface area contributed by atoms with Crippen LogP contribution < -0.4 is 11.2 Å². The van der Waals surface area contributed by atoms with Crippen LogP contribution in [-0.4, -0.2) is 25.3 Å². The second-order valence-corrected chi connectivity index (χ2v) is 4.31. The first-order chi connectivity index (χ1) is 9.11. The van der Waals surface area contributed by atoms with E-state index in [-0.39, 0.29) is 18.0 Å². The number of fused-ring (bicyclic) bond motifs is 1. The third-order valence-corrected chi connectivity index (χ3v) is 2.98. The van der Waals surface area contributed by atoms with E-state index in [4.69, 9.17) is 4.74 Å². The zero-order chi connectivity index (χ0) is 14.0. The van der Waals surface area contributed by atoms with Gasteiger partial charge in [-0.1, -0.05) is 6.92 Å². The average molecular weight is 266 g/mol. The highest BCUT2D eigenvalue weighted by Gasteiger charge is 2.15. The molecule has 0 spiro atoms. The van der Waals surface area contributed by atoms with E-state index in [2.05, 4.69) is 4.98 Å². The summed E-state index contributed by atoms with van der Waals surface area (Å²) in [6, 6.07) is 0. The summed E-state index contributed by atoms with van der Waals surface area (Å²) in [5.74, 6) is 0. The minimum absolute atomic E-state index is 0.257. The third kappa shape index (κ3) is 2.21. The number of hydrogen-bond donors (Lipinski definition) is 0. The SMILES string of the molecule is CCCn1c(=O)c2c(ncn2COCC)n(C)c1=O. The van der Waals surface area contributed by atoms with E-state index in [0.717, 1.165) is 6.42 Å². The molecule has 0 saturated carbocycles. The number of ether oxygens (including phenoxy) is 1. The number of aromatic nitrogens is 4. The van der Waals surface area contributed by atoms with Crippen LogP contribution in [0.1, 0.15) is 20.3 Å². The minimum Gasteiger partial charge on any atom is -0.361 e. The third-order valence-electron chi connectivity index (χ3n) is 2.98. The van der Waals surface area contributed by atoms with E-state index in [1.807, 2.05) is 13.8 Å². The van der Waals surface area contributed by atoms with Gasteiger partial charge in [0, 0.05) is 20.2 Å². The summed E-state index contributed by atoms with van der Waals surface area (Å²) >= 11 is 0. The van der Waals surface area contributed by atoms with Crippen molar-refractivity contribution in [2.75, 3.05) is 6.61 Å². The predicted molar refractivity (Wildman–Crippen MR) is 71.2 cm³/mol. The van der Waals surface area contributed by atoms with Crippen molar-refractivity contribution in [2.45, 2.75) is 33.5 Å². The first kappa shape index (κ1) is 13.5. The molecule has 0 amide bonds. The maximum atomic E-state index is 12.4. The molecule has 2 heterocycles. The van der Waals surface area contributed by atoms with Crippen molar-refractivity contribution < 1.29 is 4.74 Å². The van der Waals surface area contributed by atoms with Crippen molar-refractivity contribution >= 4 is 11.2 Å². The van der Waals surface area contributed by atoms with Gasteiger partial charge in [0.25, 0.3) is 5.56 Å². The lowest BCUT2D eigenvalue weighted by Crippen LogP contribution is -2.39. The molecular formula is C12H18N4O3. The van der Waals surface area contributed by atoms with Crippen molar-refractivity contribution in [3.8, 4) is 0 Å². The molecule has 7 heteroatoms. The van der Waals surface area contributed by atoms with Gasteiger partial charge in [0.2, 0.25) is 0 Å². The number of aryl methyl sites for hydroxylation is 1. The maximum absolute atomic E-state index is 12.4. The monoisotopic (exact) mass is 266 g/mol.